The zero-order valence-electron chi connectivity index (χ0n) is 10.9. The molecule has 0 bridgehead atoms. The van der Waals surface area contributed by atoms with Gasteiger partial charge < -0.3 is 5.32 Å². The molecule has 0 radical (unpaired) electrons. The second kappa shape index (κ2) is 5.39. The SMILES string of the molecule is CCC1CCC(Nc2ccc(F)cc2C#N)C1C. The van der Waals surface area contributed by atoms with E-state index in [1.165, 1.54) is 25.0 Å². The van der Waals surface area contributed by atoms with Crippen LogP contribution in [-0.2, 0) is 0 Å². The van der Waals surface area contributed by atoms with Crippen molar-refractivity contribution in [2.45, 2.75) is 39.2 Å². The minimum Gasteiger partial charge on any atom is -0.381 e. The van der Waals surface area contributed by atoms with Crippen LogP contribution < -0.4 is 5.32 Å². The van der Waals surface area contributed by atoms with Crippen molar-refractivity contribution in [2.75, 3.05) is 5.32 Å². The Morgan fingerprint density at radius 3 is 2.83 bits per heavy atom. The molecule has 0 heterocycles. The molecule has 2 nitrogen and oxygen atoms in total. The summed E-state index contributed by atoms with van der Waals surface area (Å²) in [6.45, 7) is 4.48. The van der Waals surface area contributed by atoms with Gasteiger partial charge in [0.2, 0.25) is 0 Å². The fraction of sp³-hybridized carbons (Fsp3) is 0.533. The number of anilines is 1. The summed E-state index contributed by atoms with van der Waals surface area (Å²) in [7, 11) is 0. The third-order valence-corrected chi connectivity index (χ3v) is 4.19. The molecular formula is C15H19FN2. The van der Waals surface area contributed by atoms with E-state index in [0.29, 0.717) is 17.5 Å². The monoisotopic (exact) mass is 246 g/mol. The average molecular weight is 246 g/mol. The van der Waals surface area contributed by atoms with Crippen LogP contribution in [0, 0.1) is 29.0 Å². The van der Waals surface area contributed by atoms with Crippen molar-refractivity contribution in [1.82, 2.24) is 0 Å². The second-order valence-electron chi connectivity index (χ2n) is 5.16. The Morgan fingerprint density at radius 1 is 1.44 bits per heavy atom. The maximum Gasteiger partial charge on any atom is 0.124 e. The first-order valence-corrected chi connectivity index (χ1v) is 6.62. The molecule has 96 valence electrons. The first-order chi connectivity index (χ1) is 8.65. The van der Waals surface area contributed by atoms with Gasteiger partial charge in [0.05, 0.1) is 11.3 Å². The van der Waals surface area contributed by atoms with Gasteiger partial charge in [-0.2, -0.15) is 5.26 Å². The quantitative estimate of drug-likeness (QED) is 0.877. The second-order valence-corrected chi connectivity index (χ2v) is 5.16. The summed E-state index contributed by atoms with van der Waals surface area (Å²) < 4.78 is 13.1. The molecule has 0 aromatic heterocycles. The van der Waals surface area contributed by atoms with E-state index in [0.717, 1.165) is 18.0 Å². The summed E-state index contributed by atoms with van der Waals surface area (Å²) in [4.78, 5) is 0. The van der Waals surface area contributed by atoms with E-state index in [-0.39, 0.29) is 5.82 Å². The molecule has 1 aromatic carbocycles. The van der Waals surface area contributed by atoms with Gasteiger partial charge in [-0.15, -0.1) is 0 Å². The number of rotatable bonds is 3. The van der Waals surface area contributed by atoms with Gasteiger partial charge >= 0.3 is 0 Å². The van der Waals surface area contributed by atoms with Gasteiger partial charge in [0.25, 0.3) is 0 Å². The molecular weight excluding hydrogens is 227 g/mol. The lowest BCUT2D eigenvalue weighted by Gasteiger charge is -2.22. The highest BCUT2D eigenvalue weighted by molar-refractivity contribution is 5.58. The lowest BCUT2D eigenvalue weighted by atomic mass is 9.93. The number of benzene rings is 1. The van der Waals surface area contributed by atoms with E-state index in [9.17, 15) is 4.39 Å². The van der Waals surface area contributed by atoms with Crippen LogP contribution in [0.3, 0.4) is 0 Å². The van der Waals surface area contributed by atoms with Crippen LogP contribution in [0.2, 0.25) is 0 Å². The summed E-state index contributed by atoms with van der Waals surface area (Å²) in [5, 5.41) is 12.4. The smallest absolute Gasteiger partial charge is 0.124 e. The van der Waals surface area contributed by atoms with Crippen molar-refractivity contribution in [3.8, 4) is 6.07 Å². The van der Waals surface area contributed by atoms with Gasteiger partial charge in [-0.1, -0.05) is 20.3 Å². The summed E-state index contributed by atoms with van der Waals surface area (Å²) in [6.07, 6.45) is 3.56. The van der Waals surface area contributed by atoms with E-state index >= 15 is 0 Å². The summed E-state index contributed by atoms with van der Waals surface area (Å²) in [5.41, 5.74) is 1.15. The third kappa shape index (κ3) is 2.48. The molecule has 0 spiro atoms. The standard InChI is InChI=1S/C15H19FN2/c1-3-11-4-6-14(10(11)2)18-15-7-5-13(16)8-12(15)9-17/h5,7-8,10-11,14,18H,3-4,6H2,1-2H3. The van der Waals surface area contributed by atoms with Crippen LogP contribution >= 0.6 is 0 Å². The molecule has 1 fully saturated rings. The zero-order chi connectivity index (χ0) is 13.1. The fourth-order valence-corrected chi connectivity index (χ4v) is 2.96. The number of hydrogen-bond acceptors (Lipinski definition) is 2. The molecule has 3 unspecified atom stereocenters. The number of halogens is 1. The Kier molecular flexibility index (Phi) is 3.86. The largest absolute Gasteiger partial charge is 0.381 e. The number of nitrogens with one attached hydrogen (secondary N) is 1. The molecule has 1 aliphatic rings. The normalized spacial score (nSPS) is 26.9. The lowest BCUT2D eigenvalue weighted by Crippen LogP contribution is -2.25. The first kappa shape index (κ1) is 12.9. The molecule has 0 amide bonds. The van der Waals surface area contributed by atoms with E-state index in [2.05, 4.69) is 19.2 Å². The Morgan fingerprint density at radius 2 is 2.22 bits per heavy atom. The van der Waals surface area contributed by atoms with Crippen molar-refractivity contribution >= 4 is 5.69 Å². The Hall–Kier alpha value is -1.56. The molecule has 2 rings (SSSR count). The van der Waals surface area contributed by atoms with Crippen molar-refractivity contribution < 1.29 is 4.39 Å². The topological polar surface area (TPSA) is 35.8 Å². The highest BCUT2D eigenvalue weighted by atomic mass is 19.1. The molecule has 0 saturated heterocycles. The predicted octanol–water partition coefficient (Wildman–Crippen LogP) is 3.93. The third-order valence-electron chi connectivity index (χ3n) is 4.19. The molecule has 1 N–H and O–H groups in total. The lowest BCUT2D eigenvalue weighted by molar-refractivity contribution is 0.392. The van der Waals surface area contributed by atoms with Gasteiger partial charge in [-0.3, -0.25) is 0 Å². The molecule has 0 aliphatic heterocycles. The Balaban J connectivity index is 2.13. The van der Waals surface area contributed by atoms with Gasteiger partial charge in [-0.25, -0.2) is 4.39 Å². The van der Waals surface area contributed by atoms with Crippen LogP contribution in [0.5, 0.6) is 0 Å². The molecule has 3 heteroatoms. The Bertz CT molecular complexity index is 464. The van der Waals surface area contributed by atoms with Crippen molar-refractivity contribution in [1.29, 1.82) is 5.26 Å². The van der Waals surface area contributed by atoms with Crippen LogP contribution in [-0.4, -0.2) is 6.04 Å². The van der Waals surface area contributed by atoms with Gasteiger partial charge in [-0.05, 0) is 42.9 Å². The average Bonchev–Trinajstić information content (AvgIpc) is 2.72. The van der Waals surface area contributed by atoms with Crippen LogP contribution in [0.25, 0.3) is 0 Å². The first-order valence-electron chi connectivity index (χ1n) is 6.62. The van der Waals surface area contributed by atoms with Crippen LogP contribution in [0.15, 0.2) is 18.2 Å². The van der Waals surface area contributed by atoms with Gasteiger partial charge in [0.15, 0.2) is 0 Å². The molecule has 1 saturated carbocycles. The van der Waals surface area contributed by atoms with E-state index < -0.39 is 0 Å². The highest BCUT2D eigenvalue weighted by Crippen LogP contribution is 2.36. The van der Waals surface area contributed by atoms with Crippen LogP contribution in [0.4, 0.5) is 10.1 Å². The van der Waals surface area contributed by atoms with Gasteiger partial charge in [0.1, 0.15) is 11.9 Å². The fourth-order valence-electron chi connectivity index (χ4n) is 2.96. The van der Waals surface area contributed by atoms with Crippen molar-refractivity contribution in [3.63, 3.8) is 0 Å². The zero-order valence-corrected chi connectivity index (χ0v) is 10.9. The van der Waals surface area contributed by atoms with Crippen molar-refractivity contribution in [3.05, 3.63) is 29.6 Å². The van der Waals surface area contributed by atoms with Gasteiger partial charge in [0, 0.05) is 6.04 Å². The minimum atomic E-state index is -0.358. The maximum atomic E-state index is 13.1. The summed E-state index contributed by atoms with van der Waals surface area (Å²) >= 11 is 0. The number of nitriles is 1. The van der Waals surface area contributed by atoms with Crippen molar-refractivity contribution in [2.24, 2.45) is 11.8 Å². The number of hydrogen-bond donors (Lipinski definition) is 1. The maximum absolute atomic E-state index is 13.1. The van der Waals surface area contributed by atoms with E-state index in [4.69, 9.17) is 5.26 Å². The molecule has 1 aliphatic carbocycles. The summed E-state index contributed by atoms with van der Waals surface area (Å²) in [5.74, 6) is 1.00. The molecule has 1 aromatic rings. The highest BCUT2D eigenvalue weighted by Gasteiger charge is 2.31. The molecule has 3 atom stereocenters. The van der Waals surface area contributed by atoms with E-state index in [1.54, 1.807) is 6.07 Å². The molecule has 18 heavy (non-hydrogen) atoms. The summed E-state index contributed by atoms with van der Waals surface area (Å²) in [6, 6.07) is 6.80. The number of nitrogens with zero attached hydrogens (tertiary/aromatic N) is 1. The predicted molar refractivity (Wildman–Crippen MR) is 70.7 cm³/mol. The minimum absolute atomic E-state index is 0.358. The Labute approximate surface area is 108 Å². The van der Waals surface area contributed by atoms with Crippen LogP contribution in [0.1, 0.15) is 38.7 Å². The van der Waals surface area contributed by atoms with E-state index in [1.807, 2.05) is 6.07 Å².